The second-order valence-corrected chi connectivity index (χ2v) is 6.23. The Morgan fingerprint density at radius 2 is 1.83 bits per heavy atom. The first-order valence-corrected chi connectivity index (χ1v) is 7.88. The van der Waals surface area contributed by atoms with E-state index in [1.165, 1.54) is 6.20 Å². The van der Waals surface area contributed by atoms with Crippen molar-refractivity contribution in [3.05, 3.63) is 47.4 Å². The molecule has 1 amide bonds. The summed E-state index contributed by atoms with van der Waals surface area (Å²) in [6.45, 7) is 10.2. The molecule has 0 atom stereocenters. The molecule has 0 aliphatic rings. The quantitative estimate of drug-likeness (QED) is 0.876. The summed E-state index contributed by atoms with van der Waals surface area (Å²) in [5, 5.41) is 6.12. The molecule has 5 nitrogen and oxygen atoms in total. The van der Waals surface area contributed by atoms with E-state index in [1.807, 2.05) is 39.0 Å². The van der Waals surface area contributed by atoms with Crippen molar-refractivity contribution in [3.63, 3.8) is 0 Å². The van der Waals surface area contributed by atoms with E-state index >= 15 is 0 Å². The molecule has 0 fully saturated rings. The molecule has 122 valence electrons. The number of anilines is 2. The van der Waals surface area contributed by atoms with E-state index < -0.39 is 0 Å². The second-order valence-electron chi connectivity index (χ2n) is 6.23. The largest absolute Gasteiger partial charge is 0.367 e. The lowest BCUT2D eigenvalue weighted by atomic mass is 9.98. The van der Waals surface area contributed by atoms with Crippen molar-refractivity contribution in [1.82, 2.24) is 9.97 Å². The number of aryl methyl sites for hydroxylation is 1. The third-order valence-corrected chi connectivity index (χ3v) is 3.49. The zero-order chi connectivity index (χ0) is 17.0. The number of nitrogens with zero attached hydrogens (tertiary/aromatic N) is 2. The van der Waals surface area contributed by atoms with Crippen molar-refractivity contribution < 1.29 is 4.79 Å². The van der Waals surface area contributed by atoms with Gasteiger partial charge >= 0.3 is 0 Å². The summed E-state index contributed by atoms with van der Waals surface area (Å²) in [6.07, 6.45) is 3.07. The van der Waals surface area contributed by atoms with Gasteiger partial charge in [-0.3, -0.25) is 4.79 Å². The van der Waals surface area contributed by atoms with E-state index in [0.717, 1.165) is 16.8 Å². The molecule has 0 saturated heterocycles. The highest BCUT2D eigenvalue weighted by Crippen LogP contribution is 2.27. The van der Waals surface area contributed by atoms with Gasteiger partial charge in [0.15, 0.2) is 0 Å². The highest BCUT2D eigenvalue weighted by molar-refractivity contribution is 6.03. The van der Waals surface area contributed by atoms with Gasteiger partial charge in [0.2, 0.25) is 0 Å². The summed E-state index contributed by atoms with van der Waals surface area (Å²) in [5.74, 6) is 0.744. The Morgan fingerprint density at radius 1 is 1.09 bits per heavy atom. The Hall–Kier alpha value is -2.43. The van der Waals surface area contributed by atoms with E-state index in [2.05, 4.69) is 34.4 Å². The Bertz CT molecular complexity index is 678. The maximum Gasteiger partial charge on any atom is 0.275 e. The number of carbonyl (C=O) groups is 1. The molecular formula is C18H24N4O. The standard InChI is InChI=1S/C18H24N4O/c1-11(2)14-8-6-7-13(5)17(14)22-18(23)15-9-20-16(10-19-15)21-12(3)4/h6-12H,1-5H3,(H,20,21)(H,22,23). The van der Waals surface area contributed by atoms with Gasteiger partial charge in [0.25, 0.3) is 5.91 Å². The van der Waals surface area contributed by atoms with Gasteiger partial charge in [0.05, 0.1) is 12.4 Å². The Kier molecular flexibility index (Phi) is 5.32. The molecule has 23 heavy (non-hydrogen) atoms. The highest BCUT2D eigenvalue weighted by atomic mass is 16.1. The third kappa shape index (κ3) is 4.28. The zero-order valence-electron chi connectivity index (χ0n) is 14.3. The van der Waals surface area contributed by atoms with E-state index in [4.69, 9.17) is 0 Å². The average molecular weight is 312 g/mol. The molecule has 1 aromatic carbocycles. The number of nitrogens with one attached hydrogen (secondary N) is 2. The first-order chi connectivity index (χ1) is 10.9. The lowest BCUT2D eigenvalue weighted by Gasteiger charge is -2.16. The van der Waals surface area contributed by atoms with Crippen LogP contribution in [-0.2, 0) is 0 Å². The summed E-state index contributed by atoms with van der Waals surface area (Å²) < 4.78 is 0. The fraction of sp³-hybridized carbons (Fsp3) is 0.389. The van der Waals surface area contributed by atoms with Crippen LogP contribution in [0.25, 0.3) is 0 Å². The molecule has 0 radical (unpaired) electrons. The van der Waals surface area contributed by atoms with Gasteiger partial charge in [0, 0.05) is 11.7 Å². The van der Waals surface area contributed by atoms with Gasteiger partial charge in [-0.05, 0) is 37.8 Å². The van der Waals surface area contributed by atoms with Crippen LogP contribution in [0.5, 0.6) is 0 Å². The molecule has 2 N–H and O–H groups in total. The number of hydrogen-bond acceptors (Lipinski definition) is 4. The fourth-order valence-corrected chi connectivity index (χ4v) is 2.34. The van der Waals surface area contributed by atoms with Crippen LogP contribution < -0.4 is 10.6 Å². The summed E-state index contributed by atoms with van der Waals surface area (Å²) in [5.41, 5.74) is 3.32. The topological polar surface area (TPSA) is 66.9 Å². The van der Waals surface area contributed by atoms with E-state index in [9.17, 15) is 4.79 Å². The minimum atomic E-state index is -0.246. The molecule has 0 saturated carbocycles. The smallest absolute Gasteiger partial charge is 0.275 e. The van der Waals surface area contributed by atoms with Crippen LogP contribution in [0, 0.1) is 6.92 Å². The van der Waals surface area contributed by atoms with Gasteiger partial charge < -0.3 is 10.6 Å². The first-order valence-electron chi connectivity index (χ1n) is 7.88. The number of carbonyl (C=O) groups excluding carboxylic acids is 1. The van der Waals surface area contributed by atoms with Crippen molar-refractivity contribution in [2.75, 3.05) is 10.6 Å². The van der Waals surface area contributed by atoms with E-state index in [1.54, 1.807) is 6.20 Å². The predicted molar refractivity (Wildman–Crippen MR) is 94.0 cm³/mol. The molecule has 0 aliphatic heterocycles. The number of rotatable bonds is 5. The molecule has 0 unspecified atom stereocenters. The fourth-order valence-electron chi connectivity index (χ4n) is 2.34. The van der Waals surface area contributed by atoms with E-state index in [-0.39, 0.29) is 11.9 Å². The van der Waals surface area contributed by atoms with Gasteiger partial charge in [0.1, 0.15) is 11.5 Å². The van der Waals surface area contributed by atoms with Crippen LogP contribution >= 0.6 is 0 Å². The van der Waals surface area contributed by atoms with Gasteiger partial charge in [-0.25, -0.2) is 9.97 Å². The SMILES string of the molecule is Cc1cccc(C(C)C)c1NC(=O)c1cnc(NC(C)C)cn1. The minimum absolute atomic E-state index is 0.246. The molecule has 0 spiro atoms. The van der Waals surface area contributed by atoms with Crippen molar-refractivity contribution in [2.24, 2.45) is 0 Å². The predicted octanol–water partition coefficient (Wildman–Crippen LogP) is 3.98. The van der Waals surface area contributed by atoms with Crippen molar-refractivity contribution in [3.8, 4) is 0 Å². The minimum Gasteiger partial charge on any atom is -0.367 e. The van der Waals surface area contributed by atoms with Gasteiger partial charge in [-0.2, -0.15) is 0 Å². The number of amides is 1. The van der Waals surface area contributed by atoms with Crippen LogP contribution in [-0.4, -0.2) is 21.9 Å². The number of para-hydroxylation sites is 1. The molecule has 2 aromatic rings. The molecule has 0 bridgehead atoms. The third-order valence-electron chi connectivity index (χ3n) is 3.49. The molecule has 2 rings (SSSR count). The maximum absolute atomic E-state index is 12.4. The van der Waals surface area contributed by atoms with Crippen molar-refractivity contribution >= 4 is 17.4 Å². The summed E-state index contributed by atoms with van der Waals surface area (Å²) in [4.78, 5) is 20.9. The van der Waals surface area contributed by atoms with Gasteiger partial charge in [-0.15, -0.1) is 0 Å². The lowest BCUT2D eigenvalue weighted by Crippen LogP contribution is -2.17. The molecule has 1 aromatic heterocycles. The molecule has 5 heteroatoms. The van der Waals surface area contributed by atoms with Crippen molar-refractivity contribution in [2.45, 2.75) is 46.6 Å². The average Bonchev–Trinajstić information content (AvgIpc) is 2.49. The second kappa shape index (κ2) is 7.22. The van der Waals surface area contributed by atoms with Crippen LogP contribution in [0.15, 0.2) is 30.6 Å². The zero-order valence-corrected chi connectivity index (χ0v) is 14.3. The number of benzene rings is 1. The van der Waals surface area contributed by atoms with Crippen LogP contribution in [0.1, 0.15) is 55.2 Å². The highest BCUT2D eigenvalue weighted by Gasteiger charge is 2.14. The molecule has 1 heterocycles. The number of hydrogen-bond donors (Lipinski definition) is 2. The van der Waals surface area contributed by atoms with Crippen LogP contribution in [0.4, 0.5) is 11.5 Å². The van der Waals surface area contributed by atoms with Gasteiger partial charge in [-0.1, -0.05) is 32.0 Å². The van der Waals surface area contributed by atoms with Crippen LogP contribution in [0.2, 0.25) is 0 Å². The van der Waals surface area contributed by atoms with E-state index in [0.29, 0.717) is 17.4 Å². The number of aromatic nitrogens is 2. The van der Waals surface area contributed by atoms with Crippen molar-refractivity contribution in [1.29, 1.82) is 0 Å². The normalized spacial score (nSPS) is 10.9. The Labute approximate surface area is 137 Å². The molecular weight excluding hydrogens is 288 g/mol. The first kappa shape index (κ1) is 16.9. The summed E-state index contributed by atoms with van der Waals surface area (Å²) in [6, 6.07) is 6.30. The maximum atomic E-state index is 12.4. The summed E-state index contributed by atoms with van der Waals surface area (Å²) in [7, 11) is 0. The Balaban J connectivity index is 2.19. The Morgan fingerprint density at radius 3 is 2.39 bits per heavy atom. The lowest BCUT2D eigenvalue weighted by molar-refractivity contribution is 0.102. The monoisotopic (exact) mass is 312 g/mol. The molecule has 0 aliphatic carbocycles. The van der Waals surface area contributed by atoms with Crippen LogP contribution in [0.3, 0.4) is 0 Å². The summed E-state index contributed by atoms with van der Waals surface area (Å²) >= 11 is 0.